The highest BCUT2D eigenvalue weighted by atomic mass is 16.1. The zero-order chi connectivity index (χ0) is 16.2. The van der Waals surface area contributed by atoms with Gasteiger partial charge in [-0.25, -0.2) is 0 Å². The third-order valence-electron chi connectivity index (χ3n) is 4.58. The normalized spacial score (nSPS) is 18.1. The maximum Gasteiger partial charge on any atom is 0.221 e. The number of benzene rings is 2. The number of nitrogens with one attached hydrogen (secondary N) is 2. The molecule has 0 aliphatic heterocycles. The number of rotatable bonds is 4. The van der Waals surface area contributed by atoms with Crippen molar-refractivity contribution in [2.75, 3.05) is 5.32 Å². The average Bonchev–Trinajstić information content (AvgIpc) is 2.55. The molecule has 3 nitrogen and oxygen atoms in total. The molecule has 0 saturated carbocycles. The minimum absolute atomic E-state index is 0.00338. The van der Waals surface area contributed by atoms with Gasteiger partial charge in [-0.2, -0.15) is 0 Å². The van der Waals surface area contributed by atoms with Crippen molar-refractivity contribution in [3.63, 3.8) is 0 Å². The number of hydrogen-bond acceptors (Lipinski definition) is 2. The summed E-state index contributed by atoms with van der Waals surface area (Å²) in [5, 5.41) is 6.70. The van der Waals surface area contributed by atoms with E-state index < -0.39 is 0 Å². The first kappa shape index (κ1) is 15.8. The number of amides is 1. The highest BCUT2D eigenvalue weighted by Gasteiger charge is 2.22. The Balaban J connectivity index is 1.70. The van der Waals surface area contributed by atoms with Crippen molar-refractivity contribution in [1.82, 2.24) is 5.32 Å². The summed E-state index contributed by atoms with van der Waals surface area (Å²) >= 11 is 0. The molecule has 3 heteroatoms. The molecule has 0 saturated heterocycles. The third-order valence-corrected chi connectivity index (χ3v) is 4.58. The van der Waals surface area contributed by atoms with Crippen LogP contribution in [0.3, 0.4) is 0 Å². The van der Waals surface area contributed by atoms with E-state index in [2.05, 4.69) is 54.0 Å². The van der Waals surface area contributed by atoms with Crippen LogP contribution < -0.4 is 10.6 Å². The number of carbonyl (C=O) groups is 1. The Morgan fingerprint density at radius 2 is 1.91 bits per heavy atom. The van der Waals surface area contributed by atoms with Crippen molar-refractivity contribution < 1.29 is 4.79 Å². The maximum atomic E-state index is 11.3. The van der Waals surface area contributed by atoms with Gasteiger partial charge >= 0.3 is 0 Å². The fraction of sp³-hybridized carbons (Fsp3) is 0.350. The van der Waals surface area contributed by atoms with Gasteiger partial charge in [-0.05, 0) is 48.9 Å². The fourth-order valence-corrected chi connectivity index (χ4v) is 3.45. The standard InChI is InChI=1S/C20H24N2O/c1-14(16-7-4-3-5-8-16)21-18-11-12-19-17(13-18)9-6-10-20(19)22-15(2)23/h3-10,14,18,21H,11-13H2,1-2H3,(H,22,23)/t14-,18-/m1/s1. The van der Waals surface area contributed by atoms with Crippen LogP contribution >= 0.6 is 0 Å². The van der Waals surface area contributed by atoms with E-state index in [1.807, 2.05) is 12.1 Å². The summed E-state index contributed by atoms with van der Waals surface area (Å²) in [6.07, 6.45) is 3.12. The van der Waals surface area contributed by atoms with Crippen LogP contribution in [0.2, 0.25) is 0 Å². The molecule has 2 N–H and O–H groups in total. The lowest BCUT2D eigenvalue weighted by Crippen LogP contribution is -2.36. The van der Waals surface area contributed by atoms with Crippen LogP contribution in [0.1, 0.15) is 43.0 Å². The van der Waals surface area contributed by atoms with Gasteiger partial charge in [0, 0.05) is 24.7 Å². The first-order chi connectivity index (χ1) is 11.1. The topological polar surface area (TPSA) is 41.1 Å². The predicted molar refractivity (Wildman–Crippen MR) is 94.6 cm³/mol. The molecule has 1 amide bonds. The van der Waals surface area contributed by atoms with Crippen LogP contribution in [0, 0.1) is 0 Å². The van der Waals surface area contributed by atoms with E-state index in [9.17, 15) is 4.79 Å². The van der Waals surface area contributed by atoms with Gasteiger partial charge in [-0.15, -0.1) is 0 Å². The van der Waals surface area contributed by atoms with E-state index in [-0.39, 0.29) is 5.91 Å². The fourth-order valence-electron chi connectivity index (χ4n) is 3.45. The number of anilines is 1. The second-order valence-electron chi connectivity index (χ2n) is 6.36. The highest BCUT2D eigenvalue weighted by molar-refractivity contribution is 5.89. The smallest absolute Gasteiger partial charge is 0.221 e. The lowest BCUT2D eigenvalue weighted by atomic mass is 9.86. The predicted octanol–water partition coefficient (Wildman–Crippen LogP) is 3.85. The van der Waals surface area contributed by atoms with E-state index in [0.717, 1.165) is 24.9 Å². The third kappa shape index (κ3) is 3.80. The minimum Gasteiger partial charge on any atom is -0.326 e. The van der Waals surface area contributed by atoms with Crippen molar-refractivity contribution in [2.45, 2.75) is 45.2 Å². The van der Waals surface area contributed by atoms with Crippen LogP contribution in [0.4, 0.5) is 5.69 Å². The quantitative estimate of drug-likeness (QED) is 0.900. The van der Waals surface area contributed by atoms with E-state index in [4.69, 9.17) is 0 Å². The molecule has 120 valence electrons. The number of carbonyl (C=O) groups excluding carboxylic acids is 1. The van der Waals surface area contributed by atoms with Crippen molar-refractivity contribution in [2.24, 2.45) is 0 Å². The molecule has 0 unspecified atom stereocenters. The summed E-state index contributed by atoms with van der Waals surface area (Å²) in [7, 11) is 0. The summed E-state index contributed by atoms with van der Waals surface area (Å²) in [4.78, 5) is 11.3. The SMILES string of the molecule is CC(=O)Nc1cccc2c1CC[C@@H](N[C@H](C)c1ccccc1)C2. The molecule has 3 rings (SSSR count). The Bertz CT molecular complexity index is 681. The molecule has 0 radical (unpaired) electrons. The van der Waals surface area contributed by atoms with Crippen LogP contribution in [0.5, 0.6) is 0 Å². The molecule has 0 spiro atoms. The van der Waals surface area contributed by atoms with Gasteiger partial charge in [0.2, 0.25) is 5.91 Å². The zero-order valence-corrected chi connectivity index (χ0v) is 13.8. The summed E-state index contributed by atoms with van der Waals surface area (Å²) < 4.78 is 0. The Hall–Kier alpha value is -2.13. The molecule has 1 aliphatic rings. The van der Waals surface area contributed by atoms with E-state index in [0.29, 0.717) is 12.1 Å². The van der Waals surface area contributed by atoms with Gasteiger partial charge < -0.3 is 10.6 Å². The van der Waals surface area contributed by atoms with Gasteiger partial charge in [0.25, 0.3) is 0 Å². The van der Waals surface area contributed by atoms with Crippen LogP contribution in [0.25, 0.3) is 0 Å². The zero-order valence-electron chi connectivity index (χ0n) is 13.8. The Labute approximate surface area is 138 Å². The number of hydrogen-bond donors (Lipinski definition) is 2. The lowest BCUT2D eigenvalue weighted by molar-refractivity contribution is -0.114. The van der Waals surface area contributed by atoms with Crippen LogP contribution in [0.15, 0.2) is 48.5 Å². The summed E-state index contributed by atoms with van der Waals surface area (Å²) in [6.45, 7) is 3.78. The van der Waals surface area contributed by atoms with Crippen molar-refractivity contribution >= 4 is 11.6 Å². The Morgan fingerprint density at radius 1 is 1.13 bits per heavy atom. The summed E-state index contributed by atoms with van der Waals surface area (Å²) in [5.74, 6) is -0.00338. The summed E-state index contributed by atoms with van der Waals surface area (Å²) in [6, 6.07) is 17.6. The first-order valence-corrected chi connectivity index (χ1v) is 8.33. The molecule has 2 aromatic rings. The van der Waals surface area contributed by atoms with Gasteiger partial charge in [-0.1, -0.05) is 42.5 Å². The minimum atomic E-state index is -0.00338. The van der Waals surface area contributed by atoms with Crippen molar-refractivity contribution in [1.29, 1.82) is 0 Å². The average molecular weight is 308 g/mol. The molecular formula is C20H24N2O. The largest absolute Gasteiger partial charge is 0.326 e. The molecule has 0 fully saturated rings. The number of fused-ring (bicyclic) bond motifs is 1. The molecule has 2 atom stereocenters. The molecule has 2 aromatic carbocycles. The van der Waals surface area contributed by atoms with Crippen LogP contribution in [-0.4, -0.2) is 11.9 Å². The van der Waals surface area contributed by atoms with Gasteiger partial charge in [-0.3, -0.25) is 4.79 Å². The molecule has 23 heavy (non-hydrogen) atoms. The monoisotopic (exact) mass is 308 g/mol. The molecule has 0 heterocycles. The Kier molecular flexibility index (Phi) is 4.77. The van der Waals surface area contributed by atoms with E-state index in [1.54, 1.807) is 6.92 Å². The second kappa shape index (κ2) is 6.97. The van der Waals surface area contributed by atoms with Gasteiger partial charge in [0.1, 0.15) is 0 Å². The maximum absolute atomic E-state index is 11.3. The van der Waals surface area contributed by atoms with Gasteiger partial charge in [0.05, 0.1) is 0 Å². The van der Waals surface area contributed by atoms with E-state index >= 15 is 0 Å². The lowest BCUT2D eigenvalue weighted by Gasteiger charge is -2.30. The Morgan fingerprint density at radius 3 is 2.65 bits per heavy atom. The van der Waals surface area contributed by atoms with E-state index in [1.165, 1.54) is 16.7 Å². The second-order valence-corrected chi connectivity index (χ2v) is 6.36. The van der Waals surface area contributed by atoms with Gasteiger partial charge in [0.15, 0.2) is 0 Å². The molecule has 0 bridgehead atoms. The molecule has 0 aromatic heterocycles. The first-order valence-electron chi connectivity index (χ1n) is 8.33. The van der Waals surface area contributed by atoms with Crippen LogP contribution in [-0.2, 0) is 17.6 Å². The molecular weight excluding hydrogens is 284 g/mol. The summed E-state index contributed by atoms with van der Waals surface area (Å²) in [5.41, 5.74) is 4.95. The highest BCUT2D eigenvalue weighted by Crippen LogP contribution is 2.29. The van der Waals surface area contributed by atoms with Crippen molar-refractivity contribution in [3.05, 3.63) is 65.2 Å². The molecule has 1 aliphatic carbocycles. The van der Waals surface area contributed by atoms with Crippen molar-refractivity contribution in [3.8, 4) is 0 Å².